The maximum atomic E-state index is 13.1. The average molecular weight is 167 g/mol. The first-order chi connectivity index (χ1) is 5.84. The highest BCUT2D eigenvalue weighted by Crippen LogP contribution is 2.39. The Morgan fingerprint density at radius 3 is 2.83 bits per heavy atom. The van der Waals surface area contributed by atoms with Gasteiger partial charge in [0.05, 0.1) is 0 Å². The number of fused-ring (bicyclic) bond motifs is 1. The minimum absolute atomic E-state index is 0.537. The van der Waals surface area contributed by atoms with Crippen molar-refractivity contribution in [1.82, 2.24) is 14.8 Å². The second kappa shape index (κ2) is 2.06. The summed E-state index contributed by atoms with van der Waals surface area (Å²) in [5, 5.41) is 4.27. The predicted molar refractivity (Wildman–Crippen MR) is 40.5 cm³/mol. The minimum atomic E-state index is -0.870. The Balaban J connectivity index is 2.01. The van der Waals surface area contributed by atoms with E-state index in [4.69, 9.17) is 0 Å². The van der Waals surface area contributed by atoms with E-state index in [1.54, 1.807) is 4.68 Å². The summed E-state index contributed by atoms with van der Waals surface area (Å²) in [6, 6.07) is 0. The number of nitrogens with zero attached hydrogens (tertiary/aromatic N) is 3. The molecule has 3 nitrogen and oxygen atoms in total. The molecule has 0 amide bonds. The van der Waals surface area contributed by atoms with Gasteiger partial charge in [0.15, 0.2) is 17.8 Å². The van der Waals surface area contributed by atoms with Crippen molar-refractivity contribution < 1.29 is 4.39 Å². The van der Waals surface area contributed by atoms with Crippen LogP contribution in [-0.2, 0) is 6.54 Å². The van der Waals surface area contributed by atoms with Gasteiger partial charge in [0.1, 0.15) is 0 Å². The third-order valence-corrected chi connectivity index (χ3v) is 2.53. The maximum Gasteiger partial charge on any atom is 0.161 e. The molecule has 1 aliphatic carbocycles. The third-order valence-electron chi connectivity index (χ3n) is 2.53. The van der Waals surface area contributed by atoms with Crippen LogP contribution in [0.15, 0.2) is 0 Å². The lowest BCUT2D eigenvalue weighted by Gasteiger charge is -1.90. The fraction of sp³-hybridized carbons (Fsp3) is 0.750. The lowest BCUT2D eigenvalue weighted by atomic mass is 10.3. The van der Waals surface area contributed by atoms with Crippen molar-refractivity contribution in [2.45, 2.75) is 37.9 Å². The fourth-order valence-corrected chi connectivity index (χ4v) is 1.65. The van der Waals surface area contributed by atoms with Crippen LogP contribution in [0, 0.1) is 0 Å². The van der Waals surface area contributed by atoms with E-state index in [2.05, 4.69) is 10.1 Å². The number of halogens is 1. The van der Waals surface area contributed by atoms with Crippen LogP contribution < -0.4 is 0 Å². The molecule has 1 fully saturated rings. The summed E-state index contributed by atoms with van der Waals surface area (Å²) in [6.07, 6.45) is 2.05. The minimum Gasteiger partial charge on any atom is -0.247 e. The standard InChI is InChI=1S/C8H10FN3/c9-6-3-4-12-8(6)10-7(11-12)5-1-2-5/h5-6H,1-4H2. The first-order valence-electron chi connectivity index (χ1n) is 4.43. The van der Waals surface area contributed by atoms with Gasteiger partial charge in [0, 0.05) is 18.9 Å². The van der Waals surface area contributed by atoms with E-state index < -0.39 is 6.17 Å². The SMILES string of the molecule is FC1CCn2nc(C3CC3)nc21. The van der Waals surface area contributed by atoms with Crippen LogP contribution >= 0.6 is 0 Å². The van der Waals surface area contributed by atoms with Crippen LogP contribution in [0.4, 0.5) is 4.39 Å². The summed E-state index contributed by atoms with van der Waals surface area (Å²) in [4.78, 5) is 4.21. The summed E-state index contributed by atoms with van der Waals surface area (Å²) >= 11 is 0. The van der Waals surface area contributed by atoms with Crippen LogP contribution in [0.2, 0.25) is 0 Å². The second-order valence-electron chi connectivity index (χ2n) is 3.58. The van der Waals surface area contributed by atoms with Gasteiger partial charge in [0.25, 0.3) is 0 Å². The summed E-state index contributed by atoms with van der Waals surface area (Å²) in [5.74, 6) is 1.96. The molecule has 64 valence electrons. The molecule has 0 radical (unpaired) electrons. The van der Waals surface area contributed by atoms with Gasteiger partial charge in [-0.05, 0) is 12.8 Å². The topological polar surface area (TPSA) is 30.7 Å². The predicted octanol–water partition coefficient (Wildman–Crippen LogP) is 1.57. The van der Waals surface area contributed by atoms with E-state index in [1.165, 1.54) is 12.8 Å². The Morgan fingerprint density at radius 2 is 2.17 bits per heavy atom. The van der Waals surface area contributed by atoms with Gasteiger partial charge in [-0.2, -0.15) is 5.10 Å². The van der Waals surface area contributed by atoms with E-state index in [9.17, 15) is 4.39 Å². The summed E-state index contributed by atoms with van der Waals surface area (Å²) in [5.41, 5.74) is 0. The van der Waals surface area contributed by atoms with Crippen molar-refractivity contribution in [2.75, 3.05) is 0 Å². The molecule has 2 heterocycles. The number of aromatic nitrogens is 3. The van der Waals surface area contributed by atoms with E-state index in [0.717, 1.165) is 5.82 Å². The molecular formula is C8H10FN3. The number of hydrogen-bond acceptors (Lipinski definition) is 2. The molecule has 0 aromatic carbocycles. The average Bonchev–Trinajstić information content (AvgIpc) is 2.73. The van der Waals surface area contributed by atoms with Crippen molar-refractivity contribution in [1.29, 1.82) is 0 Å². The molecule has 3 rings (SSSR count). The van der Waals surface area contributed by atoms with Crippen molar-refractivity contribution >= 4 is 0 Å². The third kappa shape index (κ3) is 0.806. The Labute approximate surface area is 69.6 Å². The van der Waals surface area contributed by atoms with E-state index in [0.29, 0.717) is 24.7 Å². The van der Waals surface area contributed by atoms with Crippen LogP contribution in [-0.4, -0.2) is 14.8 Å². The first-order valence-corrected chi connectivity index (χ1v) is 4.43. The number of rotatable bonds is 1. The van der Waals surface area contributed by atoms with Gasteiger partial charge in [0.2, 0.25) is 0 Å². The molecule has 0 spiro atoms. The van der Waals surface area contributed by atoms with Crippen molar-refractivity contribution in [2.24, 2.45) is 0 Å². The molecule has 4 heteroatoms. The zero-order valence-electron chi connectivity index (χ0n) is 6.70. The van der Waals surface area contributed by atoms with Gasteiger partial charge in [-0.1, -0.05) is 0 Å². The lowest BCUT2D eigenvalue weighted by molar-refractivity contribution is 0.336. The van der Waals surface area contributed by atoms with Gasteiger partial charge < -0.3 is 0 Å². The molecule has 1 saturated carbocycles. The highest BCUT2D eigenvalue weighted by molar-refractivity contribution is 5.09. The van der Waals surface area contributed by atoms with Gasteiger partial charge in [-0.25, -0.2) is 14.1 Å². The molecule has 0 N–H and O–H groups in total. The van der Waals surface area contributed by atoms with Gasteiger partial charge >= 0.3 is 0 Å². The Morgan fingerprint density at radius 1 is 1.33 bits per heavy atom. The number of hydrogen-bond donors (Lipinski definition) is 0. The van der Waals surface area contributed by atoms with Crippen LogP contribution in [0.1, 0.15) is 43.0 Å². The van der Waals surface area contributed by atoms with E-state index in [-0.39, 0.29) is 0 Å². The lowest BCUT2D eigenvalue weighted by Crippen LogP contribution is -1.94. The zero-order valence-corrected chi connectivity index (χ0v) is 6.70. The normalized spacial score (nSPS) is 27.6. The molecule has 12 heavy (non-hydrogen) atoms. The molecule has 2 aliphatic rings. The molecule has 1 unspecified atom stereocenters. The number of aryl methyl sites for hydroxylation is 1. The van der Waals surface area contributed by atoms with Crippen LogP contribution in [0.3, 0.4) is 0 Å². The van der Waals surface area contributed by atoms with Crippen molar-refractivity contribution in [3.63, 3.8) is 0 Å². The summed E-state index contributed by atoms with van der Waals surface area (Å²) in [7, 11) is 0. The monoisotopic (exact) mass is 167 g/mol. The first kappa shape index (κ1) is 6.57. The summed E-state index contributed by atoms with van der Waals surface area (Å²) < 4.78 is 14.8. The van der Waals surface area contributed by atoms with Crippen molar-refractivity contribution in [3.8, 4) is 0 Å². The second-order valence-corrected chi connectivity index (χ2v) is 3.58. The molecule has 0 saturated heterocycles. The molecule has 1 aromatic heterocycles. The molecule has 1 aromatic rings. The molecule has 1 atom stereocenters. The Bertz CT molecular complexity index is 316. The molecule has 1 aliphatic heterocycles. The zero-order chi connectivity index (χ0) is 8.13. The highest BCUT2D eigenvalue weighted by atomic mass is 19.1. The maximum absolute atomic E-state index is 13.1. The van der Waals surface area contributed by atoms with E-state index >= 15 is 0 Å². The van der Waals surface area contributed by atoms with Crippen molar-refractivity contribution in [3.05, 3.63) is 11.6 Å². The van der Waals surface area contributed by atoms with Gasteiger partial charge in [-0.15, -0.1) is 0 Å². The highest BCUT2D eigenvalue weighted by Gasteiger charge is 2.32. The largest absolute Gasteiger partial charge is 0.247 e. The van der Waals surface area contributed by atoms with Gasteiger partial charge in [-0.3, -0.25) is 0 Å². The Kier molecular flexibility index (Phi) is 1.13. The molecule has 0 bridgehead atoms. The van der Waals surface area contributed by atoms with Crippen LogP contribution in [0.25, 0.3) is 0 Å². The fourth-order valence-electron chi connectivity index (χ4n) is 1.65. The molecular weight excluding hydrogens is 157 g/mol. The summed E-state index contributed by atoms with van der Waals surface area (Å²) in [6.45, 7) is 0.705. The number of alkyl halides is 1. The quantitative estimate of drug-likeness (QED) is 0.635. The smallest absolute Gasteiger partial charge is 0.161 e. The Hall–Kier alpha value is -0.930. The van der Waals surface area contributed by atoms with E-state index in [1.807, 2.05) is 0 Å². The van der Waals surface area contributed by atoms with Crippen LogP contribution in [0.5, 0.6) is 0 Å².